The van der Waals surface area contributed by atoms with E-state index in [-0.39, 0.29) is 18.1 Å². The Kier molecular flexibility index (Phi) is 5.01. The third-order valence-corrected chi connectivity index (χ3v) is 3.45. The maximum atomic E-state index is 12.4. The standard InChI is InChI=1S/C16H24N2O2/c1-12(2)20-15-6-4-5-14(9-15)10-16(19)18-8-7-17-11-13(18)3/h4-6,9,12-13,17H,7-8,10-11H2,1-3H3/t13-/m1/s1. The van der Waals surface area contributed by atoms with Crippen molar-refractivity contribution in [2.45, 2.75) is 39.3 Å². The van der Waals surface area contributed by atoms with Crippen LogP contribution in [0, 0.1) is 0 Å². The number of carbonyl (C=O) groups excluding carboxylic acids is 1. The molecule has 0 radical (unpaired) electrons. The van der Waals surface area contributed by atoms with Crippen molar-refractivity contribution in [1.29, 1.82) is 0 Å². The first-order chi connectivity index (χ1) is 9.56. The molecule has 4 nitrogen and oxygen atoms in total. The molecule has 1 fully saturated rings. The summed E-state index contributed by atoms with van der Waals surface area (Å²) in [4.78, 5) is 14.3. The Labute approximate surface area is 121 Å². The molecule has 1 atom stereocenters. The number of hydrogen-bond acceptors (Lipinski definition) is 3. The lowest BCUT2D eigenvalue weighted by Crippen LogP contribution is -2.52. The van der Waals surface area contributed by atoms with E-state index < -0.39 is 0 Å². The lowest BCUT2D eigenvalue weighted by Gasteiger charge is -2.34. The van der Waals surface area contributed by atoms with Gasteiger partial charge in [-0.3, -0.25) is 4.79 Å². The molecule has 0 unspecified atom stereocenters. The minimum atomic E-state index is 0.147. The van der Waals surface area contributed by atoms with E-state index in [9.17, 15) is 4.79 Å². The molecule has 1 aliphatic rings. The van der Waals surface area contributed by atoms with E-state index in [1.807, 2.05) is 43.0 Å². The van der Waals surface area contributed by atoms with Crippen molar-refractivity contribution in [2.24, 2.45) is 0 Å². The van der Waals surface area contributed by atoms with Gasteiger partial charge < -0.3 is 15.0 Å². The number of benzene rings is 1. The normalized spacial score (nSPS) is 19.2. The highest BCUT2D eigenvalue weighted by Crippen LogP contribution is 2.16. The Morgan fingerprint density at radius 3 is 3.00 bits per heavy atom. The second kappa shape index (κ2) is 6.75. The molecule has 110 valence electrons. The Hall–Kier alpha value is -1.55. The molecule has 1 aromatic carbocycles. The molecule has 0 bridgehead atoms. The third kappa shape index (κ3) is 3.97. The Balaban J connectivity index is 2.00. The molecular weight excluding hydrogens is 252 g/mol. The summed E-state index contributed by atoms with van der Waals surface area (Å²) in [6.45, 7) is 8.64. The average Bonchev–Trinajstić information content (AvgIpc) is 2.38. The Bertz CT molecular complexity index is 460. The molecule has 20 heavy (non-hydrogen) atoms. The van der Waals surface area contributed by atoms with Crippen molar-refractivity contribution < 1.29 is 9.53 Å². The summed E-state index contributed by atoms with van der Waals surface area (Å²) in [5, 5.41) is 3.30. The van der Waals surface area contributed by atoms with Crippen molar-refractivity contribution in [1.82, 2.24) is 10.2 Å². The van der Waals surface area contributed by atoms with Crippen molar-refractivity contribution >= 4 is 5.91 Å². The molecule has 1 N–H and O–H groups in total. The van der Waals surface area contributed by atoms with Gasteiger partial charge in [-0.15, -0.1) is 0 Å². The molecule has 1 amide bonds. The number of hydrogen-bond donors (Lipinski definition) is 1. The van der Waals surface area contributed by atoms with Gasteiger partial charge in [0.2, 0.25) is 5.91 Å². The fourth-order valence-electron chi connectivity index (χ4n) is 2.49. The molecule has 1 heterocycles. The Morgan fingerprint density at radius 2 is 2.30 bits per heavy atom. The minimum absolute atomic E-state index is 0.147. The summed E-state index contributed by atoms with van der Waals surface area (Å²) in [6, 6.07) is 8.09. The topological polar surface area (TPSA) is 41.6 Å². The lowest BCUT2D eigenvalue weighted by atomic mass is 10.1. The largest absolute Gasteiger partial charge is 0.491 e. The maximum Gasteiger partial charge on any atom is 0.227 e. The van der Waals surface area contributed by atoms with Gasteiger partial charge in [0.15, 0.2) is 0 Å². The van der Waals surface area contributed by atoms with Crippen LogP contribution in [-0.2, 0) is 11.2 Å². The summed E-state index contributed by atoms with van der Waals surface area (Å²) >= 11 is 0. The van der Waals surface area contributed by atoms with Gasteiger partial charge in [0, 0.05) is 25.7 Å². The van der Waals surface area contributed by atoms with Gasteiger partial charge in [-0.05, 0) is 38.5 Å². The summed E-state index contributed by atoms with van der Waals surface area (Å²) in [5.74, 6) is 1.03. The summed E-state index contributed by atoms with van der Waals surface area (Å²) in [5.41, 5.74) is 1.01. The molecule has 1 saturated heterocycles. The first-order valence-corrected chi connectivity index (χ1v) is 7.32. The van der Waals surface area contributed by atoms with Crippen molar-refractivity contribution in [3.05, 3.63) is 29.8 Å². The molecule has 4 heteroatoms. The van der Waals surface area contributed by atoms with Crippen LogP contribution in [-0.4, -0.2) is 42.6 Å². The summed E-state index contributed by atoms with van der Waals surface area (Å²) < 4.78 is 5.67. The van der Waals surface area contributed by atoms with Gasteiger partial charge in [-0.1, -0.05) is 12.1 Å². The van der Waals surface area contributed by atoms with Gasteiger partial charge in [-0.25, -0.2) is 0 Å². The van der Waals surface area contributed by atoms with Crippen LogP contribution in [0.25, 0.3) is 0 Å². The number of nitrogens with zero attached hydrogens (tertiary/aromatic N) is 1. The van der Waals surface area contributed by atoms with Crippen molar-refractivity contribution in [3.63, 3.8) is 0 Å². The van der Waals surface area contributed by atoms with Crippen LogP contribution in [0.1, 0.15) is 26.3 Å². The van der Waals surface area contributed by atoms with E-state index in [1.165, 1.54) is 0 Å². The molecule has 0 spiro atoms. The van der Waals surface area contributed by atoms with Crippen LogP contribution in [0.4, 0.5) is 0 Å². The second-order valence-corrected chi connectivity index (χ2v) is 5.63. The minimum Gasteiger partial charge on any atom is -0.491 e. The van der Waals surface area contributed by atoms with Crippen LogP contribution in [0.15, 0.2) is 24.3 Å². The number of ether oxygens (including phenoxy) is 1. The van der Waals surface area contributed by atoms with Crippen LogP contribution < -0.4 is 10.1 Å². The van der Waals surface area contributed by atoms with Gasteiger partial charge >= 0.3 is 0 Å². The predicted molar refractivity (Wildman–Crippen MR) is 80.0 cm³/mol. The summed E-state index contributed by atoms with van der Waals surface area (Å²) in [7, 11) is 0. The van der Waals surface area contributed by atoms with Crippen LogP contribution >= 0.6 is 0 Å². The zero-order valence-corrected chi connectivity index (χ0v) is 12.6. The SMILES string of the molecule is CC(C)Oc1cccc(CC(=O)N2CCNC[C@H]2C)c1. The van der Waals surface area contributed by atoms with Crippen molar-refractivity contribution in [3.8, 4) is 5.75 Å². The third-order valence-electron chi connectivity index (χ3n) is 3.45. The summed E-state index contributed by atoms with van der Waals surface area (Å²) in [6.07, 6.45) is 0.591. The van der Waals surface area contributed by atoms with Gasteiger partial charge in [0.25, 0.3) is 0 Å². The highest BCUT2D eigenvalue weighted by molar-refractivity contribution is 5.79. The van der Waals surface area contributed by atoms with Crippen LogP contribution in [0.3, 0.4) is 0 Å². The monoisotopic (exact) mass is 276 g/mol. The fraction of sp³-hybridized carbons (Fsp3) is 0.562. The molecule has 2 rings (SSSR count). The zero-order valence-electron chi connectivity index (χ0n) is 12.6. The van der Waals surface area contributed by atoms with Crippen molar-refractivity contribution in [2.75, 3.05) is 19.6 Å². The van der Waals surface area contributed by atoms with E-state index in [0.29, 0.717) is 6.42 Å². The van der Waals surface area contributed by atoms with Crippen LogP contribution in [0.5, 0.6) is 5.75 Å². The first kappa shape index (κ1) is 14.9. The molecular formula is C16H24N2O2. The van der Waals surface area contributed by atoms with E-state index in [2.05, 4.69) is 12.2 Å². The van der Waals surface area contributed by atoms with Gasteiger partial charge in [0.05, 0.1) is 12.5 Å². The second-order valence-electron chi connectivity index (χ2n) is 5.63. The zero-order chi connectivity index (χ0) is 14.5. The number of carbonyl (C=O) groups is 1. The predicted octanol–water partition coefficient (Wildman–Crippen LogP) is 1.84. The molecule has 1 aromatic rings. The molecule has 0 aliphatic carbocycles. The van der Waals surface area contributed by atoms with Gasteiger partial charge in [0.1, 0.15) is 5.75 Å². The van der Waals surface area contributed by atoms with Gasteiger partial charge in [-0.2, -0.15) is 0 Å². The number of amides is 1. The van der Waals surface area contributed by atoms with E-state index in [4.69, 9.17) is 4.74 Å². The smallest absolute Gasteiger partial charge is 0.227 e. The number of rotatable bonds is 4. The number of piperazine rings is 1. The maximum absolute atomic E-state index is 12.4. The lowest BCUT2D eigenvalue weighted by molar-refractivity contribution is -0.133. The van der Waals surface area contributed by atoms with E-state index >= 15 is 0 Å². The number of nitrogens with one attached hydrogen (secondary N) is 1. The quantitative estimate of drug-likeness (QED) is 0.912. The first-order valence-electron chi connectivity index (χ1n) is 7.32. The van der Waals surface area contributed by atoms with E-state index in [1.54, 1.807) is 0 Å². The van der Waals surface area contributed by atoms with E-state index in [0.717, 1.165) is 30.9 Å². The molecule has 1 aliphatic heterocycles. The highest BCUT2D eigenvalue weighted by atomic mass is 16.5. The molecule has 0 aromatic heterocycles. The average molecular weight is 276 g/mol. The fourth-order valence-corrected chi connectivity index (χ4v) is 2.49. The van der Waals surface area contributed by atoms with Crippen LogP contribution in [0.2, 0.25) is 0 Å². The Morgan fingerprint density at radius 1 is 1.50 bits per heavy atom. The highest BCUT2D eigenvalue weighted by Gasteiger charge is 2.22. The molecule has 0 saturated carbocycles.